The second-order valence-corrected chi connectivity index (χ2v) is 4.36. The number of hydrogen-bond donors (Lipinski definition) is 1. The van der Waals surface area contributed by atoms with E-state index in [1.807, 2.05) is 0 Å². The van der Waals surface area contributed by atoms with Gasteiger partial charge in [-0.15, -0.1) is 11.6 Å². The molecule has 1 unspecified atom stereocenters. The maximum absolute atomic E-state index is 12.8. The molecule has 1 aromatic heterocycles. The van der Waals surface area contributed by atoms with Crippen LogP contribution < -0.4 is 5.32 Å². The van der Waals surface area contributed by atoms with Gasteiger partial charge in [0, 0.05) is 18.6 Å². The third-order valence-corrected chi connectivity index (χ3v) is 2.92. The lowest BCUT2D eigenvalue weighted by Gasteiger charge is -2.08. The van der Waals surface area contributed by atoms with Gasteiger partial charge in [0.05, 0.1) is 11.8 Å². The number of halogens is 2. The zero-order valence-corrected chi connectivity index (χ0v) is 10.5. The molecule has 94 valence electrons. The van der Waals surface area contributed by atoms with Gasteiger partial charge in [0.2, 0.25) is 0 Å². The molecule has 17 heavy (non-hydrogen) atoms. The molecule has 0 aliphatic rings. The van der Waals surface area contributed by atoms with Crippen LogP contribution in [0.4, 0.5) is 4.39 Å². The van der Waals surface area contributed by atoms with Crippen LogP contribution in [0.2, 0.25) is 0 Å². The second-order valence-electron chi connectivity index (χ2n) is 4.05. The summed E-state index contributed by atoms with van der Waals surface area (Å²) in [5.41, 5.74) is 0.246. The molecule has 1 heterocycles. The average molecular weight is 259 g/mol. The largest absolute Gasteiger partial charge is 0.352 e. The Kier molecular flexibility index (Phi) is 5.91. The molecule has 0 aliphatic heterocycles. The first-order valence-electron chi connectivity index (χ1n) is 5.58. The highest BCUT2D eigenvalue weighted by Gasteiger charge is 2.06. The molecule has 0 aliphatic carbocycles. The van der Waals surface area contributed by atoms with E-state index >= 15 is 0 Å². The molecule has 0 aromatic carbocycles. The van der Waals surface area contributed by atoms with Crippen LogP contribution in [0.1, 0.15) is 30.1 Å². The van der Waals surface area contributed by atoms with Gasteiger partial charge in [-0.2, -0.15) is 0 Å². The third-order valence-electron chi connectivity index (χ3n) is 2.39. The van der Waals surface area contributed by atoms with Crippen LogP contribution in [0.3, 0.4) is 0 Å². The molecular formula is C12H16ClFN2O. The van der Waals surface area contributed by atoms with Crippen LogP contribution in [-0.2, 0) is 0 Å². The van der Waals surface area contributed by atoms with Gasteiger partial charge in [0.1, 0.15) is 5.82 Å². The van der Waals surface area contributed by atoms with Gasteiger partial charge in [-0.05, 0) is 24.8 Å². The molecule has 0 fully saturated rings. The van der Waals surface area contributed by atoms with E-state index in [1.54, 1.807) is 0 Å². The number of nitrogens with zero attached hydrogens (tertiary/aromatic N) is 1. The van der Waals surface area contributed by atoms with Gasteiger partial charge in [0.15, 0.2) is 0 Å². The zero-order chi connectivity index (χ0) is 12.7. The maximum Gasteiger partial charge on any atom is 0.252 e. The highest BCUT2D eigenvalue weighted by atomic mass is 35.5. The lowest BCUT2D eigenvalue weighted by molar-refractivity contribution is 0.0951. The minimum absolute atomic E-state index is 0.246. The summed E-state index contributed by atoms with van der Waals surface area (Å²) < 4.78 is 12.8. The summed E-state index contributed by atoms with van der Waals surface area (Å²) >= 11 is 5.67. The minimum Gasteiger partial charge on any atom is -0.352 e. The van der Waals surface area contributed by atoms with Crippen LogP contribution in [0, 0.1) is 11.7 Å². The topological polar surface area (TPSA) is 42.0 Å². The summed E-state index contributed by atoms with van der Waals surface area (Å²) in [6.45, 7) is 2.63. The van der Waals surface area contributed by atoms with Crippen LogP contribution in [0.15, 0.2) is 18.5 Å². The Balaban J connectivity index is 2.30. The molecule has 1 aromatic rings. The van der Waals surface area contributed by atoms with Crippen molar-refractivity contribution in [3.05, 3.63) is 29.8 Å². The number of amides is 1. The van der Waals surface area contributed by atoms with Crippen LogP contribution in [0.5, 0.6) is 0 Å². The van der Waals surface area contributed by atoms with Gasteiger partial charge >= 0.3 is 0 Å². The molecule has 0 saturated heterocycles. The Morgan fingerprint density at radius 3 is 3.00 bits per heavy atom. The number of rotatable bonds is 6. The molecule has 1 rings (SSSR count). The van der Waals surface area contributed by atoms with E-state index in [0.717, 1.165) is 19.0 Å². The lowest BCUT2D eigenvalue weighted by Crippen LogP contribution is -2.25. The van der Waals surface area contributed by atoms with Crippen LogP contribution in [0.25, 0.3) is 0 Å². The Morgan fingerprint density at radius 2 is 2.35 bits per heavy atom. The molecule has 0 saturated carbocycles. The monoisotopic (exact) mass is 258 g/mol. The summed E-state index contributed by atoms with van der Waals surface area (Å²) in [6, 6.07) is 1.17. The molecular weight excluding hydrogens is 243 g/mol. The average Bonchev–Trinajstić information content (AvgIpc) is 2.34. The van der Waals surface area contributed by atoms with Crippen LogP contribution in [-0.4, -0.2) is 23.3 Å². The summed E-state index contributed by atoms with van der Waals surface area (Å²) in [4.78, 5) is 15.2. The third kappa shape index (κ3) is 5.13. The maximum atomic E-state index is 12.8. The summed E-state index contributed by atoms with van der Waals surface area (Å²) in [7, 11) is 0. The molecule has 0 bridgehead atoms. The molecule has 1 amide bonds. The van der Waals surface area contributed by atoms with Crippen molar-refractivity contribution in [1.82, 2.24) is 10.3 Å². The highest BCUT2D eigenvalue weighted by molar-refractivity contribution is 6.18. The molecule has 1 N–H and O–H groups in total. The fourth-order valence-corrected chi connectivity index (χ4v) is 1.52. The standard InChI is InChI=1S/C12H16ClFN2O/c1-9(6-13)3-2-4-16-12(17)10-5-11(14)8-15-7-10/h5,7-9H,2-4,6H2,1H3,(H,16,17). The number of pyridine rings is 1. The zero-order valence-electron chi connectivity index (χ0n) is 9.75. The number of alkyl halides is 1. The second kappa shape index (κ2) is 7.22. The van der Waals surface area contributed by atoms with Gasteiger partial charge in [-0.25, -0.2) is 4.39 Å². The van der Waals surface area contributed by atoms with Gasteiger partial charge in [-0.3, -0.25) is 9.78 Å². The van der Waals surface area contributed by atoms with Crippen molar-refractivity contribution in [2.45, 2.75) is 19.8 Å². The quantitative estimate of drug-likeness (QED) is 0.630. The van der Waals surface area contributed by atoms with Crippen molar-refractivity contribution in [2.24, 2.45) is 5.92 Å². The summed E-state index contributed by atoms with van der Waals surface area (Å²) in [5.74, 6) is 0.273. The molecule has 0 spiro atoms. The summed E-state index contributed by atoms with van der Waals surface area (Å²) in [6.07, 6.45) is 4.24. The molecule has 1 atom stereocenters. The highest BCUT2D eigenvalue weighted by Crippen LogP contribution is 2.06. The fourth-order valence-electron chi connectivity index (χ4n) is 1.37. The number of carbonyl (C=O) groups is 1. The first-order valence-corrected chi connectivity index (χ1v) is 6.11. The van der Waals surface area contributed by atoms with E-state index in [2.05, 4.69) is 17.2 Å². The number of carbonyl (C=O) groups excluding carboxylic acids is 1. The van der Waals surface area contributed by atoms with E-state index in [-0.39, 0.29) is 11.5 Å². The Morgan fingerprint density at radius 1 is 1.59 bits per heavy atom. The van der Waals surface area contributed by atoms with Crippen molar-refractivity contribution >= 4 is 17.5 Å². The lowest BCUT2D eigenvalue weighted by atomic mass is 10.1. The predicted molar refractivity (Wildman–Crippen MR) is 65.6 cm³/mol. The normalized spacial score (nSPS) is 12.2. The predicted octanol–water partition coefficient (Wildman–Crippen LogP) is 2.61. The van der Waals surface area contributed by atoms with E-state index in [1.165, 1.54) is 12.3 Å². The van der Waals surface area contributed by atoms with E-state index in [4.69, 9.17) is 11.6 Å². The Hall–Kier alpha value is -1.16. The SMILES string of the molecule is CC(CCl)CCCNC(=O)c1cncc(F)c1. The van der Waals surface area contributed by atoms with E-state index < -0.39 is 5.82 Å². The first-order chi connectivity index (χ1) is 8.13. The fraction of sp³-hybridized carbons (Fsp3) is 0.500. The smallest absolute Gasteiger partial charge is 0.252 e. The van der Waals surface area contributed by atoms with Gasteiger partial charge < -0.3 is 5.32 Å². The van der Waals surface area contributed by atoms with Crippen molar-refractivity contribution in [1.29, 1.82) is 0 Å². The molecule has 5 heteroatoms. The van der Waals surface area contributed by atoms with Gasteiger partial charge in [0.25, 0.3) is 5.91 Å². The molecule has 3 nitrogen and oxygen atoms in total. The Labute approximate surface area is 105 Å². The van der Waals surface area contributed by atoms with Crippen molar-refractivity contribution in [3.63, 3.8) is 0 Å². The number of hydrogen-bond acceptors (Lipinski definition) is 2. The van der Waals surface area contributed by atoms with Crippen molar-refractivity contribution in [2.75, 3.05) is 12.4 Å². The minimum atomic E-state index is -0.506. The number of aromatic nitrogens is 1. The van der Waals surface area contributed by atoms with E-state index in [0.29, 0.717) is 18.3 Å². The number of nitrogens with one attached hydrogen (secondary N) is 1. The van der Waals surface area contributed by atoms with Crippen LogP contribution >= 0.6 is 11.6 Å². The van der Waals surface area contributed by atoms with Crippen molar-refractivity contribution in [3.8, 4) is 0 Å². The van der Waals surface area contributed by atoms with E-state index in [9.17, 15) is 9.18 Å². The van der Waals surface area contributed by atoms with Crippen molar-refractivity contribution < 1.29 is 9.18 Å². The van der Waals surface area contributed by atoms with Gasteiger partial charge in [-0.1, -0.05) is 6.92 Å². The first kappa shape index (κ1) is 13.9. The summed E-state index contributed by atoms with van der Waals surface area (Å²) in [5, 5.41) is 2.72. The Bertz CT molecular complexity index is 373. The molecule has 0 radical (unpaired) electrons.